The average Bonchev–Trinajstić information content (AvgIpc) is 3.33. The lowest BCUT2D eigenvalue weighted by Gasteiger charge is -2.43. The van der Waals surface area contributed by atoms with Crippen molar-refractivity contribution in [3.05, 3.63) is 42.5 Å². The average molecular weight is 483 g/mol. The third-order valence-electron chi connectivity index (χ3n) is 7.07. The highest BCUT2D eigenvalue weighted by Gasteiger charge is 2.38. The molecule has 2 heterocycles. The van der Waals surface area contributed by atoms with E-state index in [9.17, 15) is 18.0 Å². The molecule has 3 aliphatic rings. The molecule has 2 aromatic carbocycles. The van der Waals surface area contributed by atoms with E-state index < -0.39 is 10.0 Å². The van der Waals surface area contributed by atoms with Gasteiger partial charge in [0.25, 0.3) is 10.0 Å². The van der Waals surface area contributed by atoms with Crippen LogP contribution in [0.15, 0.2) is 47.4 Å². The van der Waals surface area contributed by atoms with Gasteiger partial charge in [0, 0.05) is 32.5 Å². The molecular weight excluding hydrogens is 452 g/mol. The zero-order valence-electron chi connectivity index (χ0n) is 19.5. The van der Waals surface area contributed by atoms with E-state index in [1.165, 1.54) is 4.41 Å². The van der Waals surface area contributed by atoms with Crippen molar-refractivity contribution in [2.45, 2.75) is 50.5 Å². The lowest BCUT2D eigenvalue weighted by Crippen LogP contribution is -2.53. The largest absolute Gasteiger partial charge is 0.308 e. The van der Waals surface area contributed by atoms with Crippen LogP contribution in [0.2, 0.25) is 0 Å². The second-order valence-corrected chi connectivity index (χ2v) is 11.2. The summed E-state index contributed by atoms with van der Waals surface area (Å²) in [6, 6.07) is 12.5. The molecule has 2 amide bonds. The minimum Gasteiger partial charge on any atom is -0.308 e. The van der Waals surface area contributed by atoms with E-state index in [0.29, 0.717) is 19.6 Å². The van der Waals surface area contributed by atoms with E-state index in [1.54, 1.807) is 36.1 Å². The second kappa shape index (κ2) is 8.79. The summed E-state index contributed by atoms with van der Waals surface area (Å²) in [6.07, 6.45) is 3.70. The number of anilines is 2. The van der Waals surface area contributed by atoms with E-state index in [-0.39, 0.29) is 28.7 Å². The fourth-order valence-corrected chi connectivity index (χ4v) is 6.39. The fourth-order valence-electron chi connectivity index (χ4n) is 5.03. The quantitative estimate of drug-likeness (QED) is 0.723. The molecule has 8 nitrogen and oxygen atoms in total. The number of fused-ring (bicyclic) bond motifs is 1. The number of hydrogen-bond acceptors (Lipinski definition) is 5. The third kappa shape index (κ3) is 3.91. The highest BCUT2D eigenvalue weighted by Crippen LogP contribution is 2.41. The van der Waals surface area contributed by atoms with Crippen molar-refractivity contribution in [2.75, 3.05) is 29.4 Å². The van der Waals surface area contributed by atoms with Crippen molar-refractivity contribution >= 4 is 33.2 Å². The van der Waals surface area contributed by atoms with Gasteiger partial charge in [0.15, 0.2) is 0 Å². The van der Waals surface area contributed by atoms with Crippen LogP contribution in [-0.4, -0.2) is 50.3 Å². The Morgan fingerprint density at radius 3 is 2.26 bits per heavy atom. The molecule has 1 N–H and O–H groups in total. The Hall–Kier alpha value is -2.75. The van der Waals surface area contributed by atoms with Crippen LogP contribution in [-0.2, 0) is 19.6 Å². The summed E-state index contributed by atoms with van der Waals surface area (Å²) in [5, 5.41) is 0. The summed E-state index contributed by atoms with van der Waals surface area (Å²) in [7, 11) is -3.58. The van der Waals surface area contributed by atoms with Crippen LogP contribution < -0.4 is 15.2 Å². The van der Waals surface area contributed by atoms with Crippen LogP contribution in [0, 0.1) is 5.92 Å². The second-order valence-electron chi connectivity index (χ2n) is 9.38. The zero-order chi connectivity index (χ0) is 24.0. The Morgan fingerprint density at radius 2 is 1.68 bits per heavy atom. The van der Waals surface area contributed by atoms with Crippen molar-refractivity contribution in [3.8, 4) is 11.1 Å². The molecule has 34 heavy (non-hydrogen) atoms. The van der Waals surface area contributed by atoms with Gasteiger partial charge in [-0.15, -0.1) is 4.41 Å². The Labute approximate surface area is 200 Å². The number of amides is 2. The van der Waals surface area contributed by atoms with Crippen LogP contribution in [0.1, 0.15) is 39.5 Å². The third-order valence-corrected chi connectivity index (χ3v) is 8.83. The van der Waals surface area contributed by atoms with Crippen LogP contribution in [0.3, 0.4) is 0 Å². The number of carbonyl (C=O) groups is 2. The van der Waals surface area contributed by atoms with Crippen molar-refractivity contribution < 1.29 is 18.0 Å². The Kier molecular flexibility index (Phi) is 5.95. The van der Waals surface area contributed by atoms with Gasteiger partial charge in [-0.2, -0.15) is 0 Å². The molecule has 1 aliphatic carbocycles. The Bertz CT molecular complexity index is 1220. The van der Waals surface area contributed by atoms with E-state index in [4.69, 9.17) is 0 Å². The van der Waals surface area contributed by atoms with Crippen molar-refractivity contribution in [1.29, 1.82) is 0 Å². The predicted molar refractivity (Wildman–Crippen MR) is 131 cm³/mol. The molecule has 0 unspecified atom stereocenters. The smallest absolute Gasteiger partial charge is 0.255 e. The topological polar surface area (TPSA) is 90.0 Å². The molecule has 9 heteroatoms. The summed E-state index contributed by atoms with van der Waals surface area (Å²) >= 11 is 0. The standard InChI is InChI=1S/C25H30N4O4S/c1-17-16-27(25(31)20-5-3-6-20)24-15-21(9-12-23(24)29(17)18(2)30)19-7-10-22(11-8-19)34(32,33)28-14-4-13-26-28/h7-12,15,17,20,26H,3-6,13-14,16H2,1-2H3/t17-/m0/s1. The van der Waals surface area contributed by atoms with Gasteiger partial charge >= 0.3 is 0 Å². The first-order valence-corrected chi connectivity index (χ1v) is 13.3. The van der Waals surface area contributed by atoms with Gasteiger partial charge in [-0.05, 0) is 61.6 Å². The van der Waals surface area contributed by atoms with Crippen LogP contribution in [0.4, 0.5) is 11.4 Å². The minimum absolute atomic E-state index is 0.0521. The van der Waals surface area contributed by atoms with Gasteiger partial charge < -0.3 is 9.80 Å². The normalized spacial score (nSPS) is 21.3. The predicted octanol–water partition coefficient (Wildman–Crippen LogP) is 3.14. The fraction of sp³-hybridized carbons (Fsp3) is 0.440. The highest BCUT2D eigenvalue weighted by molar-refractivity contribution is 7.89. The van der Waals surface area contributed by atoms with E-state index in [0.717, 1.165) is 48.2 Å². The molecule has 0 aromatic heterocycles. The molecule has 2 aromatic rings. The number of hydrogen-bond donors (Lipinski definition) is 1. The maximum atomic E-state index is 13.2. The highest BCUT2D eigenvalue weighted by atomic mass is 32.2. The Morgan fingerprint density at radius 1 is 0.971 bits per heavy atom. The molecule has 2 fully saturated rings. The summed E-state index contributed by atoms with van der Waals surface area (Å²) in [5.41, 5.74) is 6.09. The van der Waals surface area contributed by atoms with Gasteiger partial charge in [-0.25, -0.2) is 13.8 Å². The molecule has 5 rings (SSSR count). The molecule has 2 aliphatic heterocycles. The first kappa shape index (κ1) is 23.0. The number of hydrazine groups is 1. The number of carbonyl (C=O) groups excluding carboxylic acids is 2. The Balaban J connectivity index is 1.50. The van der Waals surface area contributed by atoms with E-state index >= 15 is 0 Å². The number of nitrogens with zero attached hydrogens (tertiary/aromatic N) is 3. The first-order chi connectivity index (χ1) is 16.3. The summed E-state index contributed by atoms with van der Waals surface area (Å²) < 4.78 is 26.9. The molecule has 180 valence electrons. The molecule has 1 saturated carbocycles. The van der Waals surface area contributed by atoms with Crippen LogP contribution in [0.5, 0.6) is 0 Å². The number of rotatable bonds is 4. The number of sulfonamides is 1. The summed E-state index contributed by atoms with van der Waals surface area (Å²) in [4.78, 5) is 29.5. The zero-order valence-corrected chi connectivity index (χ0v) is 20.3. The molecular formula is C25H30N4O4S. The lowest BCUT2D eigenvalue weighted by atomic mass is 9.84. The number of benzene rings is 2. The van der Waals surface area contributed by atoms with Crippen molar-refractivity contribution in [3.63, 3.8) is 0 Å². The van der Waals surface area contributed by atoms with Gasteiger partial charge in [-0.3, -0.25) is 9.59 Å². The van der Waals surface area contributed by atoms with Gasteiger partial charge in [-0.1, -0.05) is 24.6 Å². The molecule has 0 radical (unpaired) electrons. The lowest BCUT2D eigenvalue weighted by molar-refractivity contribution is -0.125. The summed E-state index contributed by atoms with van der Waals surface area (Å²) in [5.74, 6) is 0.123. The maximum absolute atomic E-state index is 13.2. The molecule has 1 atom stereocenters. The molecule has 1 saturated heterocycles. The number of nitrogens with one attached hydrogen (secondary N) is 1. The van der Waals surface area contributed by atoms with Crippen LogP contribution >= 0.6 is 0 Å². The van der Waals surface area contributed by atoms with Crippen molar-refractivity contribution in [1.82, 2.24) is 9.84 Å². The maximum Gasteiger partial charge on any atom is 0.255 e. The monoisotopic (exact) mass is 482 g/mol. The van der Waals surface area contributed by atoms with Crippen molar-refractivity contribution in [2.24, 2.45) is 5.92 Å². The van der Waals surface area contributed by atoms with Gasteiger partial charge in [0.05, 0.1) is 22.3 Å². The SMILES string of the molecule is CC(=O)N1c2ccc(-c3ccc(S(=O)(=O)N4CCCN4)cc3)cc2N(C(=O)C2CCC2)C[C@@H]1C. The van der Waals surface area contributed by atoms with Gasteiger partial charge in [0.1, 0.15) is 0 Å². The van der Waals surface area contributed by atoms with E-state index in [2.05, 4.69) is 5.43 Å². The summed E-state index contributed by atoms with van der Waals surface area (Å²) in [6.45, 7) is 5.09. The first-order valence-electron chi connectivity index (χ1n) is 11.9. The molecule has 0 bridgehead atoms. The van der Waals surface area contributed by atoms with Gasteiger partial charge in [0.2, 0.25) is 11.8 Å². The minimum atomic E-state index is -3.58. The van der Waals surface area contributed by atoms with E-state index in [1.807, 2.05) is 30.0 Å². The van der Waals surface area contributed by atoms with Crippen LogP contribution in [0.25, 0.3) is 11.1 Å². The molecule has 0 spiro atoms.